The van der Waals surface area contributed by atoms with Crippen LogP contribution in [0.25, 0.3) is 22.1 Å². The monoisotopic (exact) mass is 447 g/mol. The third kappa shape index (κ3) is 3.86. The number of hydrogen-bond acceptors (Lipinski definition) is 7. The molecule has 0 aliphatic rings. The zero-order valence-corrected chi connectivity index (χ0v) is 19.5. The number of anilines is 1. The molecule has 0 aliphatic carbocycles. The number of pyridine rings is 1. The predicted molar refractivity (Wildman–Crippen MR) is 127 cm³/mol. The van der Waals surface area contributed by atoms with E-state index < -0.39 is 0 Å². The van der Waals surface area contributed by atoms with E-state index in [-0.39, 0.29) is 5.97 Å². The molecule has 0 bridgehead atoms. The molecule has 0 saturated carbocycles. The molecular weight excluding hydrogens is 421 g/mol. The van der Waals surface area contributed by atoms with Gasteiger partial charge in [-0.05, 0) is 32.0 Å². The highest BCUT2D eigenvalue weighted by Gasteiger charge is 2.23. The lowest BCUT2D eigenvalue weighted by Crippen LogP contribution is -2.21. The van der Waals surface area contributed by atoms with Gasteiger partial charge in [0.25, 0.3) is 0 Å². The van der Waals surface area contributed by atoms with Crippen molar-refractivity contribution >= 4 is 41.8 Å². The molecule has 2 radical (unpaired) electrons. The molecule has 0 aliphatic heterocycles. The highest BCUT2D eigenvalue weighted by atomic mass is 16.5. The molecule has 0 spiro atoms. The Morgan fingerprint density at radius 3 is 2.64 bits per heavy atom. The van der Waals surface area contributed by atoms with Crippen LogP contribution in [0.2, 0.25) is 0 Å². The minimum absolute atomic E-state index is 0.296. The van der Waals surface area contributed by atoms with Gasteiger partial charge < -0.3 is 28.2 Å². The summed E-state index contributed by atoms with van der Waals surface area (Å²) in [4.78, 5) is 23.5. The third-order valence-corrected chi connectivity index (χ3v) is 5.59. The fraction of sp³-hybridized carbons (Fsp3) is 0.348. The smallest absolute Gasteiger partial charge is 0.355 e. The number of hydrogen-bond donors (Lipinski definition) is 0. The fourth-order valence-electron chi connectivity index (χ4n) is 4.03. The van der Waals surface area contributed by atoms with Crippen LogP contribution in [-0.4, -0.2) is 53.9 Å². The largest absolute Gasteiger partial charge is 0.497 e. The van der Waals surface area contributed by atoms with Crippen molar-refractivity contribution in [3.63, 3.8) is 0 Å². The molecule has 0 saturated heterocycles. The van der Waals surface area contributed by atoms with E-state index in [0.29, 0.717) is 53.9 Å². The minimum Gasteiger partial charge on any atom is -0.497 e. The molecule has 0 unspecified atom stereocenters. The average molecular weight is 447 g/mol. The van der Waals surface area contributed by atoms with E-state index in [1.807, 2.05) is 47.4 Å². The van der Waals surface area contributed by atoms with E-state index >= 15 is 0 Å². The Morgan fingerprint density at radius 1 is 1.18 bits per heavy atom. The number of nitrogens with zero attached hydrogens (tertiary/aromatic N) is 5. The molecule has 9 nitrogen and oxygen atoms in total. The van der Waals surface area contributed by atoms with E-state index in [0.717, 1.165) is 16.5 Å². The molecule has 4 aromatic rings. The van der Waals surface area contributed by atoms with E-state index in [1.165, 1.54) is 4.81 Å². The second kappa shape index (κ2) is 9.05. The van der Waals surface area contributed by atoms with Crippen LogP contribution in [-0.2, 0) is 24.9 Å². The minimum atomic E-state index is -0.387. The SMILES string of the molecule is [B]N(Cc1ccc(OC)cc1OC)c1nc2c(cc(C(=O)OCC)n2CC)c2c1ncn2C. The van der Waals surface area contributed by atoms with Crippen molar-refractivity contribution in [2.45, 2.75) is 26.9 Å². The van der Waals surface area contributed by atoms with Gasteiger partial charge in [-0.25, -0.2) is 14.8 Å². The summed E-state index contributed by atoms with van der Waals surface area (Å²) in [5.41, 5.74) is 3.43. The summed E-state index contributed by atoms with van der Waals surface area (Å²) >= 11 is 0. The number of carbonyl (C=O) groups excluding carboxylic acids is 1. The Bertz CT molecular complexity index is 1330. The number of benzene rings is 1. The number of rotatable bonds is 8. The summed E-state index contributed by atoms with van der Waals surface area (Å²) in [6.45, 7) is 4.91. The van der Waals surface area contributed by atoms with E-state index in [4.69, 9.17) is 27.2 Å². The molecule has 3 heterocycles. The molecule has 3 aromatic heterocycles. The van der Waals surface area contributed by atoms with Crippen LogP contribution in [0.4, 0.5) is 5.82 Å². The lowest BCUT2D eigenvalue weighted by Gasteiger charge is -2.21. The van der Waals surface area contributed by atoms with Gasteiger partial charge in [0.05, 0.1) is 32.7 Å². The number of carbonyl (C=O) groups is 1. The van der Waals surface area contributed by atoms with Crippen LogP contribution in [0.15, 0.2) is 30.6 Å². The first-order chi connectivity index (χ1) is 15.9. The Labute approximate surface area is 193 Å². The van der Waals surface area contributed by atoms with Crippen molar-refractivity contribution in [1.82, 2.24) is 19.1 Å². The van der Waals surface area contributed by atoms with Gasteiger partial charge in [0.1, 0.15) is 34.2 Å². The van der Waals surface area contributed by atoms with Gasteiger partial charge in [0.15, 0.2) is 0 Å². The van der Waals surface area contributed by atoms with Crippen molar-refractivity contribution in [3.05, 3.63) is 41.9 Å². The van der Waals surface area contributed by atoms with Gasteiger partial charge in [-0.2, -0.15) is 0 Å². The standard InChI is InChI=1S/C23H26BN5O4/c1-6-28-17(23(30)33-7-2)11-16-20-19(25-13-27(20)3)22(26-21(16)28)29(24)12-14-8-9-15(31-4)10-18(14)32-5/h8-11,13H,6-7,12H2,1-5H3. The summed E-state index contributed by atoms with van der Waals surface area (Å²) in [5.74, 6) is 1.46. The maximum Gasteiger partial charge on any atom is 0.355 e. The maximum atomic E-state index is 12.6. The number of fused-ring (bicyclic) bond motifs is 3. The van der Waals surface area contributed by atoms with Crippen molar-refractivity contribution in [3.8, 4) is 11.5 Å². The molecule has 10 heteroatoms. The van der Waals surface area contributed by atoms with Crippen molar-refractivity contribution < 1.29 is 19.0 Å². The summed E-state index contributed by atoms with van der Waals surface area (Å²) < 4.78 is 19.8. The lowest BCUT2D eigenvalue weighted by atomic mass is 10.1. The maximum absolute atomic E-state index is 12.6. The zero-order chi connectivity index (χ0) is 23.7. The highest BCUT2D eigenvalue weighted by Crippen LogP contribution is 2.34. The van der Waals surface area contributed by atoms with Gasteiger partial charge >= 0.3 is 5.97 Å². The molecule has 0 fully saturated rings. The van der Waals surface area contributed by atoms with Gasteiger partial charge in [-0.1, -0.05) is 0 Å². The fourth-order valence-corrected chi connectivity index (χ4v) is 4.03. The summed E-state index contributed by atoms with van der Waals surface area (Å²) in [6.07, 6.45) is 1.71. The normalized spacial score (nSPS) is 11.2. The highest BCUT2D eigenvalue weighted by molar-refractivity contribution is 6.21. The predicted octanol–water partition coefficient (Wildman–Crippen LogP) is 3.23. The Hall–Kier alpha value is -3.69. The average Bonchev–Trinajstić information content (AvgIpc) is 3.39. The first-order valence-corrected chi connectivity index (χ1v) is 10.7. The number of esters is 1. The topological polar surface area (TPSA) is 83.6 Å². The molecular formula is C23H26BN5O4. The van der Waals surface area contributed by atoms with Crippen LogP contribution < -0.4 is 14.3 Å². The summed E-state index contributed by atoms with van der Waals surface area (Å²) in [5, 5.41) is 0.814. The van der Waals surface area contributed by atoms with Gasteiger partial charge in [0.2, 0.25) is 7.98 Å². The molecule has 170 valence electrons. The first-order valence-electron chi connectivity index (χ1n) is 10.7. The number of aryl methyl sites for hydroxylation is 2. The molecule has 0 atom stereocenters. The third-order valence-electron chi connectivity index (χ3n) is 5.59. The van der Waals surface area contributed by atoms with E-state index in [1.54, 1.807) is 27.5 Å². The lowest BCUT2D eigenvalue weighted by molar-refractivity contribution is 0.0514. The van der Waals surface area contributed by atoms with Crippen molar-refractivity contribution in [2.75, 3.05) is 25.6 Å². The number of imidazole rings is 1. The Balaban J connectivity index is 1.86. The number of ether oxygens (including phenoxy) is 3. The van der Waals surface area contributed by atoms with Crippen molar-refractivity contribution in [2.24, 2.45) is 7.05 Å². The van der Waals surface area contributed by atoms with Gasteiger partial charge in [-0.3, -0.25) is 0 Å². The van der Waals surface area contributed by atoms with Crippen LogP contribution in [0, 0.1) is 0 Å². The van der Waals surface area contributed by atoms with Crippen LogP contribution in [0.1, 0.15) is 29.9 Å². The summed E-state index contributed by atoms with van der Waals surface area (Å²) in [7, 11) is 11.6. The van der Waals surface area contributed by atoms with Gasteiger partial charge in [-0.15, -0.1) is 0 Å². The second-order valence-corrected chi connectivity index (χ2v) is 7.53. The van der Waals surface area contributed by atoms with Crippen molar-refractivity contribution in [1.29, 1.82) is 0 Å². The molecule has 0 N–H and O–H groups in total. The molecule has 1 aromatic carbocycles. The quantitative estimate of drug-likeness (QED) is 0.303. The molecule has 4 rings (SSSR count). The van der Waals surface area contributed by atoms with E-state index in [9.17, 15) is 4.79 Å². The summed E-state index contributed by atoms with van der Waals surface area (Å²) in [6, 6.07) is 7.38. The first kappa shape index (κ1) is 22.5. The van der Waals surface area contributed by atoms with Crippen LogP contribution in [0.5, 0.6) is 11.5 Å². The Kier molecular flexibility index (Phi) is 6.17. The van der Waals surface area contributed by atoms with Crippen LogP contribution in [0.3, 0.4) is 0 Å². The second-order valence-electron chi connectivity index (χ2n) is 7.53. The number of aromatic nitrogens is 4. The van der Waals surface area contributed by atoms with Crippen LogP contribution >= 0.6 is 0 Å². The molecule has 33 heavy (non-hydrogen) atoms. The zero-order valence-electron chi connectivity index (χ0n) is 19.5. The van der Waals surface area contributed by atoms with E-state index in [2.05, 4.69) is 4.98 Å². The Morgan fingerprint density at radius 2 is 1.97 bits per heavy atom. The number of methoxy groups -OCH3 is 2. The van der Waals surface area contributed by atoms with Gasteiger partial charge in [0, 0.05) is 37.2 Å². The molecule has 0 amide bonds.